The van der Waals surface area contributed by atoms with Crippen LogP contribution in [0.5, 0.6) is 0 Å². The highest BCUT2D eigenvalue weighted by Crippen LogP contribution is 2.20. The van der Waals surface area contributed by atoms with Gasteiger partial charge < -0.3 is 0 Å². The molecule has 0 radical (unpaired) electrons. The maximum Gasteiger partial charge on any atom is 0.0707 e. The molecular formula is C91H119N7. The fourth-order valence-electron chi connectivity index (χ4n) is 9.49. The van der Waals surface area contributed by atoms with Crippen LogP contribution in [0, 0.1) is 96.9 Å². The SMILES string of the molecule is CC.CC.CC.CC.CC.CC.CC.Cc1ccc2cc(C)ncc2c1.Cc1ccc2ccc(C)nc2c1.Cc1ccc2ccc(C)nc2c1.Cc1ccc2cnc(C)cc2c1.Cc1ccc2cnc(C)cc2c1.Cc1ccc2ncc(C)cc2c1.Cc1ccc2ncc(C)cc2c1. The second kappa shape index (κ2) is 48.2. The molecule has 7 aromatic heterocycles. The average Bonchev–Trinajstić information content (AvgIpc) is 0.924. The van der Waals surface area contributed by atoms with Gasteiger partial charge in [-0.1, -0.05) is 222 Å². The van der Waals surface area contributed by atoms with Crippen LogP contribution in [0.15, 0.2) is 213 Å². The Morgan fingerprint density at radius 1 is 0.153 bits per heavy atom. The van der Waals surface area contributed by atoms with Crippen molar-refractivity contribution in [3.05, 3.63) is 292 Å². The Hall–Kier alpha value is -9.59. The van der Waals surface area contributed by atoms with E-state index in [4.69, 9.17) is 0 Å². The van der Waals surface area contributed by atoms with Crippen LogP contribution in [0.2, 0.25) is 0 Å². The number of aromatic nitrogens is 7. The van der Waals surface area contributed by atoms with Gasteiger partial charge in [-0.05, 0) is 220 Å². The fourth-order valence-corrected chi connectivity index (χ4v) is 9.49. The average molecular weight is 1310 g/mol. The number of pyridine rings is 7. The molecule has 518 valence electrons. The first-order valence-corrected chi connectivity index (χ1v) is 35.6. The number of nitrogens with zero attached hydrogens (tertiary/aromatic N) is 7. The van der Waals surface area contributed by atoms with Crippen molar-refractivity contribution in [2.24, 2.45) is 0 Å². The lowest BCUT2D eigenvalue weighted by molar-refractivity contribution is 1.22. The molecule has 98 heavy (non-hydrogen) atoms. The minimum atomic E-state index is 1.08. The van der Waals surface area contributed by atoms with Gasteiger partial charge in [-0.2, -0.15) is 0 Å². The maximum absolute atomic E-state index is 4.44. The van der Waals surface area contributed by atoms with Crippen LogP contribution in [0.1, 0.15) is 175 Å². The van der Waals surface area contributed by atoms with Crippen LogP contribution in [-0.2, 0) is 0 Å². The highest BCUT2D eigenvalue weighted by atomic mass is 14.7. The van der Waals surface area contributed by atoms with E-state index in [9.17, 15) is 0 Å². The van der Waals surface area contributed by atoms with E-state index in [-0.39, 0.29) is 0 Å². The molecular weight excluding hydrogens is 1190 g/mol. The second-order valence-electron chi connectivity index (χ2n) is 22.2. The Balaban J connectivity index is 0.000000554. The zero-order chi connectivity index (χ0) is 73.9. The van der Waals surface area contributed by atoms with Crippen LogP contribution in [0.25, 0.3) is 75.9 Å². The second-order valence-corrected chi connectivity index (χ2v) is 22.2. The number of rotatable bonds is 0. The predicted octanol–water partition coefficient (Wildman–Crippen LogP) is 27.1. The summed E-state index contributed by atoms with van der Waals surface area (Å²) in [6.07, 6.45) is 9.57. The van der Waals surface area contributed by atoms with Gasteiger partial charge >= 0.3 is 0 Å². The summed E-state index contributed by atoms with van der Waals surface area (Å²) in [7, 11) is 0. The van der Waals surface area contributed by atoms with E-state index in [0.29, 0.717) is 0 Å². The Labute approximate surface area is 592 Å². The molecule has 7 aromatic carbocycles. The van der Waals surface area contributed by atoms with Crippen molar-refractivity contribution < 1.29 is 0 Å². The summed E-state index contributed by atoms with van der Waals surface area (Å²) in [5, 5.41) is 12.4. The molecule has 0 spiro atoms. The molecule has 0 bridgehead atoms. The summed E-state index contributed by atoms with van der Waals surface area (Å²) in [6, 6.07) is 63.5. The van der Waals surface area contributed by atoms with Crippen molar-refractivity contribution >= 4 is 75.9 Å². The summed E-state index contributed by atoms with van der Waals surface area (Å²) in [6.45, 7) is 56.9. The van der Waals surface area contributed by atoms with E-state index in [1.54, 1.807) is 0 Å². The minimum Gasteiger partial charge on any atom is -0.261 e. The summed E-state index contributed by atoms with van der Waals surface area (Å²) >= 11 is 0. The first-order chi connectivity index (χ1) is 47.3. The van der Waals surface area contributed by atoms with Crippen molar-refractivity contribution in [1.29, 1.82) is 0 Å². The standard InChI is InChI=1S/7C11H11N.7C2H6/c2*1-8-3-5-10-6-4-9(2)12-11(10)7-8;2*1-8-3-4-10-7-12-9(2)6-11(10)5-8;1-8-3-4-10-6-9(2)12-7-11(10)5-8;2*1-8-3-4-11-10(5-8)6-9(2)7-12-11;7*1-2/h7*3-7H,1-2H3;7*1-2H3. The molecule has 0 aliphatic carbocycles. The smallest absolute Gasteiger partial charge is 0.0707 e. The van der Waals surface area contributed by atoms with E-state index in [2.05, 4.69) is 267 Å². The molecule has 0 aliphatic rings. The third-order valence-corrected chi connectivity index (χ3v) is 14.0. The number of hydrogen-bond donors (Lipinski definition) is 0. The molecule has 0 unspecified atom stereocenters. The molecule has 14 aromatic rings. The topological polar surface area (TPSA) is 90.2 Å². The normalized spacial score (nSPS) is 9.43. The first-order valence-electron chi connectivity index (χ1n) is 35.6. The zero-order valence-electron chi connectivity index (χ0n) is 65.3. The van der Waals surface area contributed by atoms with Gasteiger partial charge in [0.2, 0.25) is 0 Å². The van der Waals surface area contributed by atoms with Gasteiger partial charge in [0.05, 0.1) is 22.1 Å². The highest BCUT2D eigenvalue weighted by Gasteiger charge is 2.00. The highest BCUT2D eigenvalue weighted by molar-refractivity contribution is 5.85. The lowest BCUT2D eigenvalue weighted by Gasteiger charge is -1.99. The molecule has 0 fully saturated rings. The van der Waals surface area contributed by atoms with Crippen LogP contribution < -0.4 is 0 Å². The monoisotopic (exact) mass is 1310 g/mol. The van der Waals surface area contributed by atoms with E-state index in [1.165, 1.54) is 104 Å². The third kappa shape index (κ3) is 30.2. The molecule has 7 heterocycles. The summed E-state index contributed by atoms with van der Waals surface area (Å²) in [5.41, 5.74) is 21.1. The fraction of sp³-hybridized carbons (Fsp3) is 0.308. The van der Waals surface area contributed by atoms with Crippen LogP contribution in [-0.4, -0.2) is 34.9 Å². The van der Waals surface area contributed by atoms with Crippen molar-refractivity contribution in [2.45, 2.75) is 194 Å². The third-order valence-electron chi connectivity index (χ3n) is 14.0. The quantitative estimate of drug-likeness (QED) is 0.149. The summed E-state index contributed by atoms with van der Waals surface area (Å²) in [4.78, 5) is 30.2. The molecule has 0 saturated carbocycles. The number of aryl methyl sites for hydroxylation is 14. The van der Waals surface area contributed by atoms with Crippen LogP contribution in [0.3, 0.4) is 0 Å². The van der Waals surface area contributed by atoms with Crippen molar-refractivity contribution in [2.75, 3.05) is 0 Å². The van der Waals surface area contributed by atoms with E-state index >= 15 is 0 Å². The van der Waals surface area contributed by atoms with Crippen LogP contribution >= 0.6 is 0 Å². The summed E-state index contributed by atoms with van der Waals surface area (Å²) in [5.74, 6) is 0. The Morgan fingerprint density at radius 2 is 0.398 bits per heavy atom. The molecule has 7 heteroatoms. The number of benzene rings is 7. The molecule has 0 atom stereocenters. The van der Waals surface area contributed by atoms with Crippen molar-refractivity contribution in [3.8, 4) is 0 Å². The zero-order valence-corrected chi connectivity index (χ0v) is 65.3. The van der Waals surface area contributed by atoms with Gasteiger partial charge in [0.1, 0.15) is 0 Å². The van der Waals surface area contributed by atoms with Gasteiger partial charge in [0.25, 0.3) is 0 Å². The minimum absolute atomic E-state index is 1.08. The Kier molecular flexibility index (Phi) is 42.5. The molecule has 7 nitrogen and oxygen atoms in total. The predicted molar refractivity (Wildman–Crippen MR) is 438 cm³/mol. The van der Waals surface area contributed by atoms with Gasteiger partial charge in [0.15, 0.2) is 0 Å². The molecule has 0 saturated heterocycles. The largest absolute Gasteiger partial charge is 0.261 e. The Morgan fingerprint density at radius 3 is 0.745 bits per heavy atom. The van der Waals surface area contributed by atoms with Crippen molar-refractivity contribution in [1.82, 2.24) is 34.9 Å². The van der Waals surface area contributed by atoms with Gasteiger partial charge in [-0.15, -0.1) is 0 Å². The van der Waals surface area contributed by atoms with E-state index < -0.39 is 0 Å². The summed E-state index contributed by atoms with van der Waals surface area (Å²) < 4.78 is 0. The lowest BCUT2D eigenvalue weighted by atomic mass is 10.1. The van der Waals surface area contributed by atoms with E-state index in [0.717, 1.165) is 50.5 Å². The Bertz CT molecular complexity index is 3660. The molecule has 0 N–H and O–H groups in total. The van der Waals surface area contributed by atoms with Gasteiger partial charge in [-0.25, -0.2) is 0 Å². The number of fused-ring (bicyclic) bond motifs is 7. The molecule has 0 aliphatic heterocycles. The maximum atomic E-state index is 4.44. The first kappa shape index (κ1) is 86.4. The van der Waals surface area contributed by atoms with Crippen molar-refractivity contribution in [3.63, 3.8) is 0 Å². The van der Waals surface area contributed by atoms with Gasteiger partial charge in [-0.3, -0.25) is 34.9 Å². The van der Waals surface area contributed by atoms with E-state index in [1.807, 2.05) is 175 Å². The van der Waals surface area contributed by atoms with Gasteiger partial charge in [0, 0.05) is 97.2 Å². The lowest BCUT2D eigenvalue weighted by Crippen LogP contribution is -1.83. The molecule has 14 rings (SSSR count). The number of hydrogen-bond acceptors (Lipinski definition) is 7. The molecule has 0 amide bonds. The van der Waals surface area contributed by atoms with Crippen LogP contribution in [0.4, 0.5) is 0 Å².